The topological polar surface area (TPSA) is 61.9 Å². The van der Waals surface area contributed by atoms with Gasteiger partial charge in [0.1, 0.15) is 5.75 Å². The fourth-order valence-corrected chi connectivity index (χ4v) is 4.17. The Bertz CT molecular complexity index is 937. The van der Waals surface area contributed by atoms with Crippen molar-refractivity contribution in [1.29, 1.82) is 0 Å². The van der Waals surface area contributed by atoms with Crippen molar-refractivity contribution >= 4 is 23.2 Å². The van der Waals surface area contributed by atoms with Crippen molar-refractivity contribution in [2.24, 2.45) is 0 Å². The Morgan fingerprint density at radius 3 is 2.63 bits per heavy atom. The number of amides is 2. The number of nitrogens with zero attached hydrogens (tertiary/aromatic N) is 2. The fraction of sp³-hybridized carbons (Fsp3) is 0.417. The van der Waals surface area contributed by atoms with Crippen molar-refractivity contribution in [3.63, 3.8) is 0 Å². The molecule has 2 heterocycles. The molecular weight excluding hydrogens is 378 g/mol. The molecule has 158 valence electrons. The summed E-state index contributed by atoms with van der Waals surface area (Å²) in [7, 11) is 0. The quantitative estimate of drug-likeness (QED) is 0.818. The molecule has 1 atom stereocenters. The molecule has 2 aromatic carbocycles. The third kappa shape index (κ3) is 4.33. The maximum absolute atomic E-state index is 12.9. The van der Waals surface area contributed by atoms with Crippen molar-refractivity contribution in [3.8, 4) is 5.75 Å². The summed E-state index contributed by atoms with van der Waals surface area (Å²) in [6, 6.07) is 13.0. The number of piperidine rings is 1. The first kappa shape index (κ1) is 20.4. The van der Waals surface area contributed by atoms with Gasteiger partial charge in [-0.15, -0.1) is 0 Å². The first-order chi connectivity index (χ1) is 14.5. The minimum absolute atomic E-state index is 0.0399. The molecule has 2 aromatic rings. The van der Waals surface area contributed by atoms with Gasteiger partial charge in [-0.05, 0) is 69.6 Å². The Labute approximate surface area is 177 Å². The molecule has 30 heavy (non-hydrogen) atoms. The van der Waals surface area contributed by atoms with Gasteiger partial charge in [0.25, 0.3) is 11.8 Å². The van der Waals surface area contributed by atoms with E-state index in [4.69, 9.17) is 4.74 Å². The van der Waals surface area contributed by atoms with Crippen LogP contribution in [0.5, 0.6) is 5.75 Å². The second kappa shape index (κ2) is 8.88. The molecule has 1 unspecified atom stereocenters. The molecule has 1 N–H and O–H groups in total. The lowest BCUT2D eigenvalue weighted by atomic mass is 10.1. The van der Waals surface area contributed by atoms with Crippen molar-refractivity contribution < 1.29 is 14.3 Å². The summed E-state index contributed by atoms with van der Waals surface area (Å²) in [5, 5.41) is 2.96. The van der Waals surface area contributed by atoms with E-state index < -0.39 is 6.10 Å². The van der Waals surface area contributed by atoms with Crippen LogP contribution in [0.3, 0.4) is 0 Å². The van der Waals surface area contributed by atoms with Crippen LogP contribution < -0.4 is 15.0 Å². The number of aryl methyl sites for hydroxylation is 1. The van der Waals surface area contributed by atoms with E-state index in [-0.39, 0.29) is 11.8 Å². The first-order valence-electron chi connectivity index (χ1n) is 10.7. The van der Waals surface area contributed by atoms with Crippen LogP contribution >= 0.6 is 0 Å². The number of rotatable bonds is 5. The summed E-state index contributed by atoms with van der Waals surface area (Å²) in [5.74, 6) is 0.473. The Balaban J connectivity index is 1.54. The second-order valence-electron chi connectivity index (χ2n) is 8.10. The Hall–Kier alpha value is -2.86. The van der Waals surface area contributed by atoms with Crippen LogP contribution in [0.15, 0.2) is 42.5 Å². The molecule has 4 rings (SSSR count). The average molecular weight is 408 g/mol. The first-order valence-corrected chi connectivity index (χ1v) is 10.7. The molecular formula is C24H29N3O3. The summed E-state index contributed by atoms with van der Waals surface area (Å²) in [5.41, 5.74) is 2.93. The van der Waals surface area contributed by atoms with E-state index in [0.29, 0.717) is 23.5 Å². The summed E-state index contributed by atoms with van der Waals surface area (Å²) < 4.78 is 5.81. The van der Waals surface area contributed by atoms with Gasteiger partial charge in [-0.3, -0.25) is 9.59 Å². The lowest BCUT2D eigenvalue weighted by Gasteiger charge is -2.35. The third-order valence-electron chi connectivity index (χ3n) is 5.90. The lowest BCUT2D eigenvalue weighted by Crippen LogP contribution is -2.48. The molecule has 0 aromatic heterocycles. The van der Waals surface area contributed by atoms with Crippen LogP contribution in [0.2, 0.25) is 0 Å². The molecule has 2 aliphatic rings. The van der Waals surface area contributed by atoms with Crippen molar-refractivity contribution in [1.82, 2.24) is 4.90 Å². The van der Waals surface area contributed by atoms with Crippen molar-refractivity contribution in [2.45, 2.75) is 39.2 Å². The van der Waals surface area contributed by atoms with E-state index in [1.165, 1.54) is 19.3 Å². The summed E-state index contributed by atoms with van der Waals surface area (Å²) in [6.07, 6.45) is 3.22. The van der Waals surface area contributed by atoms with Crippen LogP contribution in [0, 0.1) is 6.92 Å². The molecule has 0 bridgehead atoms. The number of nitrogens with one attached hydrogen (secondary N) is 1. The van der Waals surface area contributed by atoms with Gasteiger partial charge in [0.05, 0.1) is 5.69 Å². The predicted molar refractivity (Wildman–Crippen MR) is 118 cm³/mol. The molecule has 2 amide bonds. The maximum atomic E-state index is 12.9. The monoisotopic (exact) mass is 407 g/mol. The molecule has 0 saturated carbocycles. The van der Waals surface area contributed by atoms with Crippen LogP contribution in [0.4, 0.5) is 11.4 Å². The molecule has 6 heteroatoms. The molecule has 1 saturated heterocycles. The van der Waals surface area contributed by atoms with E-state index in [1.807, 2.05) is 54.3 Å². The highest BCUT2D eigenvalue weighted by atomic mass is 16.5. The lowest BCUT2D eigenvalue weighted by molar-refractivity contribution is -0.125. The fourth-order valence-electron chi connectivity index (χ4n) is 4.17. The standard InChI is InChI=1S/C24H29N3O3/c1-17-8-4-5-9-20(17)23(28)25-19-10-11-22-21(16-19)27(24(29)18(2)30-22)15-14-26-12-6-3-7-13-26/h4-5,8-11,16,18H,3,6-7,12-15H2,1-2H3,(H,25,28). The number of ether oxygens (including phenoxy) is 1. The molecule has 0 radical (unpaired) electrons. The smallest absolute Gasteiger partial charge is 0.267 e. The highest BCUT2D eigenvalue weighted by molar-refractivity contribution is 6.06. The van der Waals surface area contributed by atoms with E-state index in [2.05, 4.69) is 10.2 Å². The number of benzene rings is 2. The van der Waals surface area contributed by atoms with Crippen LogP contribution in [-0.2, 0) is 4.79 Å². The Kier molecular flexibility index (Phi) is 6.04. The zero-order chi connectivity index (χ0) is 21.1. The van der Waals surface area contributed by atoms with Gasteiger partial charge in [-0.1, -0.05) is 24.6 Å². The molecule has 6 nitrogen and oxygen atoms in total. The van der Waals surface area contributed by atoms with Crippen LogP contribution in [-0.4, -0.2) is 49.0 Å². The van der Waals surface area contributed by atoms with E-state index >= 15 is 0 Å². The second-order valence-corrected chi connectivity index (χ2v) is 8.10. The number of carbonyl (C=O) groups is 2. The average Bonchev–Trinajstić information content (AvgIpc) is 2.75. The third-order valence-corrected chi connectivity index (χ3v) is 5.90. The van der Waals surface area contributed by atoms with Crippen LogP contribution in [0.1, 0.15) is 42.1 Å². The SMILES string of the molecule is Cc1ccccc1C(=O)Nc1ccc2c(c1)N(CCN1CCCCC1)C(=O)C(C)O2. The van der Waals surface area contributed by atoms with E-state index in [9.17, 15) is 9.59 Å². The highest BCUT2D eigenvalue weighted by Crippen LogP contribution is 2.36. The van der Waals surface area contributed by atoms with Gasteiger partial charge in [0.2, 0.25) is 0 Å². The van der Waals surface area contributed by atoms with Gasteiger partial charge in [-0.25, -0.2) is 0 Å². The largest absolute Gasteiger partial charge is 0.479 e. The Morgan fingerprint density at radius 2 is 1.87 bits per heavy atom. The van der Waals surface area contributed by atoms with E-state index in [1.54, 1.807) is 6.92 Å². The van der Waals surface area contributed by atoms with Gasteiger partial charge < -0.3 is 19.9 Å². The zero-order valence-electron chi connectivity index (χ0n) is 17.7. The number of hydrogen-bond donors (Lipinski definition) is 1. The molecule has 2 aliphatic heterocycles. The van der Waals surface area contributed by atoms with Crippen LogP contribution in [0.25, 0.3) is 0 Å². The molecule has 0 spiro atoms. The van der Waals surface area contributed by atoms with Crippen molar-refractivity contribution in [2.75, 3.05) is 36.4 Å². The number of carbonyl (C=O) groups excluding carboxylic acids is 2. The Morgan fingerprint density at radius 1 is 1.10 bits per heavy atom. The predicted octanol–water partition coefficient (Wildman–Crippen LogP) is 3.85. The van der Waals surface area contributed by atoms with Gasteiger partial charge in [0, 0.05) is 24.3 Å². The maximum Gasteiger partial charge on any atom is 0.267 e. The summed E-state index contributed by atoms with van der Waals surface area (Å²) >= 11 is 0. The molecule has 1 fully saturated rings. The highest BCUT2D eigenvalue weighted by Gasteiger charge is 2.32. The molecule has 0 aliphatic carbocycles. The normalized spacial score (nSPS) is 19.2. The zero-order valence-corrected chi connectivity index (χ0v) is 17.7. The number of fused-ring (bicyclic) bond motifs is 1. The minimum Gasteiger partial charge on any atom is -0.479 e. The van der Waals surface area contributed by atoms with Crippen molar-refractivity contribution in [3.05, 3.63) is 53.6 Å². The van der Waals surface area contributed by atoms with Gasteiger partial charge in [-0.2, -0.15) is 0 Å². The number of hydrogen-bond acceptors (Lipinski definition) is 4. The van der Waals surface area contributed by atoms with Gasteiger partial charge >= 0.3 is 0 Å². The number of anilines is 2. The summed E-state index contributed by atoms with van der Waals surface area (Å²) in [4.78, 5) is 29.8. The minimum atomic E-state index is -0.508. The number of likely N-dealkylation sites (tertiary alicyclic amines) is 1. The summed E-state index contributed by atoms with van der Waals surface area (Å²) in [6.45, 7) is 7.35. The van der Waals surface area contributed by atoms with E-state index in [0.717, 1.165) is 30.9 Å². The van der Waals surface area contributed by atoms with Gasteiger partial charge in [0.15, 0.2) is 6.10 Å².